The molecule has 0 radical (unpaired) electrons. The second-order valence-corrected chi connectivity index (χ2v) is 9.10. The highest BCUT2D eigenvalue weighted by Gasteiger charge is 2.59. The van der Waals surface area contributed by atoms with E-state index >= 15 is 0 Å². The van der Waals surface area contributed by atoms with E-state index in [0.717, 1.165) is 12.5 Å². The second-order valence-electron chi connectivity index (χ2n) is 9.10. The quantitative estimate of drug-likeness (QED) is 0.820. The van der Waals surface area contributed by atoms with Gasteiger partial charge in [0.25, 0.3) is 0 Å². The Morgan fingerprint density at radius 1 is 1.00 bits per heavy atom. The van der Waals surface area contributed by atoms with Crippen LogP contribution in [-0.2, 0) is 0 Å². The highest BCUT2D eigenvalue weighted by Crippen LogP contribution is 2.66. The van der Waals surface area contributed by atoms with Crippen molar-refractivity contribution in [1.29, 1.82) is 0 Å². The molecular formula is C21H29N. The van der Waals surface area contributed by atoms with Gasteiger partial charge < -0.3 is 5.32 Å². The van der Waals surface area contributed by atoms with Gasteiger partial charge in [0.15, 0.2) is 0 Å². The summed E-state index contributed by atoms with van der Waals surface area (Å²) in [5.74, 6) is 0.969. The first-order valence-electron chi connectivity index (χ1n) is 8.95. The molecule has 0 aromatic heterocycles. The summed E-state index contributed by atoms with van der Waals surface area (Å²) in [4.78, 5) is 0. The fraction of sp³-hybridized carbons (Fsp3) is 0.619. The molecule has 4 fully saturated rings. The summed E-state index contributed by atoms with van der Waals surface area (Å²) in [5, 5.41) is 3.96. The zero-order valence-electron chi connectivity index (χ0n) is 14.1. The largest absolute Gasteiger partial charge is 0.308 e. The van der Waals surface area contributed by atoms with Crippen LogP contribution in [0.1, 0.15) is 57.9 Å². The van der Waals surface area contributed by atoms with E-state index in [1.54, 1.807) is 0 Å². The van der Waals surface area contributed by atoms with Crippen molar-refractivity contribution in [2.75, 3.05) is 6.54 Å². The van der Waals surface area contributed by atoms with Crippen molar-refractivity contribution in [2.45, 2.75) is 57.9 Å². The van der Waals surface area contributed by atoms with Gasteiger partial charge in [-0.15, -0.1) is 0 Å². The Morgan fingerprint density at radius 2 is 1.68 bits per heavy atom. The van der Waals surface area contributed by atoms with Crippen molar-refractivity contribution in [2.24, 2.45) is 16.7 Å². The van der Waals surface area contributed by atoms with Crippen LogP contribution in [0.3, 0.4) is 0 Å². The lowest BCUT2D eigenvalue weighted by Gasteiger charge is -2.65. The van der Waals surface area contributed by atoms with Crippen molar-refractivity contribution in [1.82, 2.24) is 5.32 Å². The average Bonchev–Trinajstić information content (AvgIpc) is 2.41. The fourth-order valence-electron chi connectivity index (χ4n) is 6.68. The van der Waals surface area contributed by atoms with E-state index in [4.69, 9.17) is 0 Å². The maximum atomic E-state index is 3.96. The van der Waals surface area contributed by atoms with Crippen molar-refractivity contribution >= 4 is 6.08 Å². The van der Waals surface area contributed by atoms with E-state index in [1.165, 1.54) is 44.1 Å². The summed E-state index contributed by atoms with van der Waals surface area (Å²) in [7, 11) is 0. The van der Waals surface area contributed by atoms with E-state index in [0.29, 0.717) is 16.4 Å². The molecule has 1 N–H and O–H groups in total. The van der Waals surface area contributed by atoms with Gasteiger partial charge in [0, 0.05) is 12.1 Å². The number of rotatable bonds is 4. The predicted molar refractivity (Wildman–Crippen MR) is 93.6 cm³/mol. The minimum atomic E-state index is 0.421. The topological polar surface area (TPSA) is 12.0 Å². The van der Waals surface area contributed by atoms with Crippen LogP contribution in [0.2, 0.25) is 0 Å². The molecule has 0 aliphatic heterocycles. The van der Waals surface area contributed by atoms with Crippen molar-refractivity contribution in [3.8, 4) is 0 Å². The van der Waals surface area contributed by atoms with Gasteiger partial charge in [-0.2, -0.15) is 0 Å². The molecule has 1 aromatic carbocycles. The molecule has 1 aromatic rings. The first-order valence-corrected chi connectivity index (χ1v) is 8.95. The lowest BCUT2D eigenvalue weighted by atomic mass is 9.43. The van der Waals surface area contributed by atoms with Crippen molar-refractivity contribution in [3.63, 3.8) is 0 Å². The number of hydrogen-bond donors (Lipinski definition) is 1. The molecule has 2 unspecified atom stereocenters. The third kappa shape index (κ3) is 2.65. The van der Waals surface area contributed by atoms with Crippen LogP contribution in [-0.4, -0.2) is 12.1 Å². The molecule has 1 heteroatoms. The Morgan fingerprint density at radius 3 is 2.32 bits per heavy atom. The Bertz CT molecular complexity index is 555. The maximum Gasteiger partial charge on any atom is 0.0197 e. The van der Waals surface area contributed by atoms with Crippen LogP contribution in [0.5, 0.6) is 0 Å². The van der Waals surface area contributed by atoms with Crippen LogP contribution >= 0.6 is 0 Å². The number of hydrogen-bond acceptors (Lipinski definition) is 1. The molecule has 0 amide bonds. The number of nitrogens with one attached hydrogen (secondary N) is 1. The highest BCUT2D eigenvalue weighted by atomic mass is 15.0. The Hall–Kier alpha value is -1.08. The Labute approximate surface area is 135 Å². The van der Waals surface area contributed by atoms with Crippen LogP contribution in [0, 0.1) is 16.7 Å². The normalized spacial score (nSPS) is 43.1. The van der Waals surface area contributed by atoms with Gasteiger partial charge in [0.2, 0.25) is 0 Å². The Kier molecular flexibility index (Phi) is 3.27. The van der Waals surface area contributed by atoms with Gasteiger partial charge >= 0.3 is 0 Å². The summed E-state index contributed by atoms with van der Waals surface area (Å²) >= 11 is 0. The summed E-state index contributed by atoms with van der Waals surface area (Å²) < 4.78 is 0. The minimum Gasteiger partial charge on any atom is -0.308 e. The molecule has 0 heterocycles. The fourth-order valence-corrected chi connectivity index (χ4v) is 6.68. The van der Waals surface area contributed by atoms with Crippen LogP contribution in [0.15, 0.2) is 36.4 Å². The molecule has 0 saturated heterocycles. The molecule has 4 bridgehead atoms. The Balaban J connectivity index is 1.43. The second kappa shape index (κ2) is 4.96. The summed E-state index contributed by atoms with van der Waals surface area (Å²) in [6, 6.07) is 10.6. The van der Waals surface area contributed by atoms with Crippen LogP contribution < -0.4 is 5.32 Å². The lowest BCUT2D eigenvalue weighted by Crippen LogP contribution is -2.64. The maximum absolute atomic E-state index is 3.96. The van der Waals surface area contributed by atoms with E-state index in [9.17, 15) is 0 Å². The minimum absolute atomic E-state index is 0.421. The SMILES string of the molecule is CC12CC3CC(C)(C1)CC(NC/C=C/c1ccccc1)(C3)C2. The van der Waals surface area contributed by atoms with E-state index < -0.39 is 0 Å². The van der Waals surface area contributed by atoms with E-state index in [1.807, 2.05) is 0 Å². The van der Waals surface area contributed by atoms with Gasteiger partial charge in [-0.1, -0.05) is 56.3 Å². The molecule has 118 valence electrons. The average molecular weight is 295 g/mol. The van der Waals surface area contributed by atoms with Gasteiger partial charge in [-0.05, 0) is 60.8 Å². The molecule has 1 nitrogen and oxygen atoms in total. The van der Waals surface area contributed by atoms with Gasteiger partial charge in [-0.3, -0.25) is 0 Å². The molecular weight excluding hydrogens is 266 g/mol. The van der Waals surface area contributed by atoms with Gasteiger partial charge in [0.1, 0.15) is 0 Å². The van der Waals surface area contributed by atoms with Gasteiger partial charge in [0.05, 0.1) is 0 Å². The first kappa shape index (κ1) is 14.5. The van der Waals surface area contributed by atoms with E-state index in [2.05, 4.69) is 61.6 Å². The monoisotopic (exact) mass is 295 g/mol. The third-order valence-electron chi connectivity index (χ3n) is 6.33. The van der Waals surface area contributed by atoms with Crippen LogP contribution in [0.4, 0.5) is 0 Å². The van der Waals surface area contributed by atoms with Crippen molar-refractivity contribution in [3.05, 3.63) is 42.0 Å². The predicted octanol–water partition coefficient (Wildman–Crippen LogP) is 5.04. The molecule has 4 aliphatic carbocycles. The van der Waals surface area contributed by atoms with E-state index in [-0.39, 0.29) is 0 Å². The van der Waals surface area contributed by atoms with Crippen LogP contribution in [0.25, 0.3) is 6.08 Å². The highest BCUT2D eigenvalue weighted by molar-refractivity contribution is 5.48. The number of benzene rings is 1. The summed E-state index contributed by atoms with van der Waals surface area (Å²) in [6.07, 6.45) is 13.2. The molecule has 22 heavy (non-hydrogen) atoms. The molecule has 2 atom stereocenters. The molecule has 0 spiro atoms. The molecule has 5 rings (SSSR count). The standard InChI is InChI=1S/C21H29N/c1-19-11-18-12-20(2,14-19)16-21(13-18,15-19)22-10-6-9-17-7-4-3-5-8-17/h3-9,18,22H,10-16H2,1-2H3/b9-6+. The smallest absolute Gasteiger partial charge is 0.0197 e. The summed E-state index contributed by atoms with van der Waals surface area (Å²) in [6.45, 7) is 6.10. The zero-order valence-corrected chi connectivity index (χ0v) is 14.1. The molecule has 4 saturated carbocycles. The lowest BCUT2D eigenvalue weighted by molar-refractivity contribution is -0.116. The third-order valence-corrected chi connectivity index (χ3v) is 6.33. The molecule has 4 aliphatic rings. The zero-order chi connectivity index (χ0) is 15.3. The van der Waals surface area contributed by atoms with Crippen molar-refractivity contribution < 1.29 is 0 Å². The van der Waals surface area contributed by atoms with Gasteiger partial charge in [-0.25, -0.2) is 0 Å². The first-order chi connectivity index (χ1) is 10.5. The summed E-state index contributed by atoms with van der Waals surface area (Å²) in [5.41, 5.74) is 2.92.